The Kier molecular flexibility index (Phi) is 4.48. The molecule has 0 radical (unpaired) electrons. The molecule has 2 amide bonds. The molecule has 2 aromatic carbocycles. The number of halogens is 1. The van der Waals surface area contributed by atoms with E-state index in [4.69, 9.17) is 16.4 Å². The van der Waals surface area contributed by atoms with Crippen LogP contribution >= 0.6 is 11.6 Å². The Labute approximate surface area is 161 Å². The molecule has 5 nitrogen and oxygen atoms in total. The van der Waals surface area contributed by atoms with Crippen LogP contribution < -0.4 is 0 Å². The average molecular weight is 384 g/mol. The van der Waals surface area contributed by atoms with Crippen LogP contribution in [0.15, 0.2) is 48.5 Å². The van der Waals surface area contributed by atoms with Gasteiger partial charge in [-0.15, -0.1) is 0 Å². The minimum Gasteiger partial charge on any atom is -0.329 e. The van der Waals surface area contributed by atoms with E-state index in [2.05, 4.69) is 0 Å². The fourth-order valence-corrected chi connectivity index (χ4v) is 4.08. The molecular formula is C21H18ClNO4. The molecule has 1 saturated carbocycles. The topological polar surface area (TPSA) is 63.7 Å². The van der Waals surface area contributed by atoms with E-state index in [9.17, 15) is 14.4 Å². The number of nitrogens with zero attached hydrogens (tertiary/aromatic N) is 1. The van der Waals surface area contributed by atoms with E-state index in [1.807, 2.05) is 12.1 Å². The summed E-state index contributed by atoms with van der Waals surface area (Å²) in [4.78, 5) is 43.7. The molecule has 6 heteroatoms. The van der Waals surface area contributed by atoms with Gasteiger partial charge in [-0.05, 0) is 42.7 Å². The highest BCUT2D eigenvalue weighted by Crippen LogP contribution is 2.41. The van der Waals surface area contributed by atoms with Crippen molar-refractivity contribution in [1.82, 2.24) is 5.06 Å². The first-order valence-electron chi connectivity index (χ1n) is 8.99. The molecule has 1 heterocycles. The molecule has 27 heavy (non-hydrogen) atoms. The maximum atomic E-state index is 13.2. The van der Waals surface area contributed by atoms with Gasteiger partial charge in [0.2, 0.25) is 0 Å². The predicted octanol–water partition coefficient (Wildman–Crippen LogP) is 4.30. The summed E-state index contributed by atoms with van der Waals surface area (Å²) in [6.45, 7) is 0. The third-order valence-electron chi connectivity index (χ3n) is 5.43. The van der Waals surface area contributed by atoms with Crippen LogP contribution in [0.5, 0.6) is 0 Å². The average Bonchev–Trinajstić information content (AvgIpc) is 2.94. The van der Waals surface area contributed by atoms with Crippen LogP contribution in [-0.4, -0.2) is 22.8 Å². The van der Waals surface area contributed by atoms with E-state index in [0.717, 1.165) is 24.8 Å². The van der Waals surface area contributed by atoms with Gasteiger partial charge >= 0.3 is 5.97 Å². The van der Waals surface area contributed by atoms with E-state index in [1.54, 1.807) is 36.4 Å². The zero-order valence-electron chi connectivity index (χ0n) is 14.6. The minimum atomic E-state index is -0.877. The van der Waals surface area contributed by atoms with E-state index in [0.29, 0.717) is 22.9 Å². The van der Waals surface area contributed by atoms with Gasteiger partial charge in [-0.1, -0.05) is 60.2 Å². The van der Waals surface area contributed by atoms with Gasteiger partial charge < -0.3 is 4.84 Å². The van der Waals surface area contributed by atoms with Gasteiger partial charge in [-0.25, -0.2) is 4.79 Å². The van der Waals surface area contributed by atoms with Crippen molar-refractivity contribution in [3.63, 3.8) is 0 Å². The van der Waals surface area contributed by atoms with Crippen molar-refractivity contribution in [2.75, 3.05) is 0 Å². The highest BCUT2D eigenvalue weighted by molar-refractivity contribution is 6.30. The number of hydroxylamine groups is 2. The van der Waals surface area contributed by atoms with Crippen LogP contribution in [0.4, 0.5) is 0 Å². The molecule has 4 rings (SSSR count). The summed E-state index contributed by atoms with van der Waals surface area (Å²) in [7, 11) is 0. The zero-order valence-corrected chi connectivity index (χ0v) is 15.4. The second kappa shape index (κ2) is 6.82. The van der Waals surface area contributed by atoms with E-state index in [1.165, 1.54) is 0 Å². The molecule has 0 saturated heterocycles. The van der Waals surface area contributed by atoms with E-state index < -0.39 is 23.2 Å². The quantitative estimate of drug-likeness (QED) is 0.741. The Hall–Kier alpha value is -2.66. The highest BCUT2D eigenvalue weighted by atomic mass is 35.5. The summed E-state index contributed by atoms with van der Waals surface area (Å²) < 4.78 is 0. The van der Waals surface area contributed by atoms with Gasteiger partial charge in [0.05, 0.1) is 16.5 Å². The van der Waals surface area contributed by atoms with Crippen molar-refractivity contribution in [1.29, 1.82) is 0 Å². The van der Waals surface area contributed by atoms with E-state index in [-0.39, 0.29) is 11.1 Å². The summed E-state index contributed by atoms with van der Waals surface area (Å²) in [5.41, 5.74) is 0.422. The molecular weight excluding hydrogens is 366 g/mol. The zero-order chi connectivity index (χ0) is 19.0. The van der Waals surface area contributed by atoms with Crippen LogP contribution in [0.2, 0.25) is 5.02 Å². The Morgan fingerprint density at radius 3 is 2.00 bits per heavy atom. The Bertz CT molecular complexity index is 881. The van der Waals surface area contributed by atoms with Gasteiger partial charge in [0.25, 0.3) is 11.8 Å². The lowest BCUT2D eigenvalue weighted by Gasteiger charge is -2.35. The first kappa shape index (κ1) is 17.7. The summed E-state index contributed by atoms with van der Waals surface area (Å²) in [5.74, 6) is -1.78. The van der Waals surface area contributed by atoms with Gasteiger partial charge in [-0.3, -0.25) is 9.59 Å². The van der Waals surface area contributed by atoms with E-state index >= 15 is 0 Å². The second-order valence-electron chi connectivity index (χ2n) is 6.98. The van der Waals surface area contributed by atoms with Crippen molar-refractivity contribution < 1.29 is 19.2 Å². The molecule has 1 aliphatic carbocycles. The largest absolute Gasteiger partial charge is 0.343 e. The monoisotopic (exact) mass is 383 g/mol. The lowest BCUT2D eigenvalue weighted by Crippen LogP contribution is -2.44. The van der Waals surface area contributed by atoms with Gasteiger partial charge in [0.1, 0.15) is 0 Å². The van der Waals surface area contributed by atoms with Crippen molar-refractivity contribution in [2.24, 2.45) is 0 Å². The summed E-state index contributed by atoms with van der Waals surface area (Å²) in [6.07, 6.45) is 4.00. The molecule has 2 aromatic rings. The highest BCUT2D eigenvalue weighted by Gasteiger charge is 2.47. The van der Waals surface area contributed by atoms with Crippen LogP contribution in [0.25, 0.3) is 0 Å². The number of carbonyl (C=O) groups is 3. The van der Waals surface area contributed by atoms with Gasteiger partial charge in [0, 0.05) is 5.02 Å². The first-order valence-corrected chi connectivity index (χ1v) is 9.37. The molecule has 1 fully saturated rings. The first-order chi connectivity index (χ1) is 13.0. The third-order valence-corrected chi connectivity index (χ3v) is 5.68. The molecule has 0 N–H and O–H groups in total. The number of hydrogen-bond acceptors (Lipinski definition) is 4. The molecule has 0 aromatic heterocycles. The fourth-order valence-electron chi connectivity index (χ4n) is 3.96. The van der Waals surface area contributed by atoms with Crippen LogP contribution in [-0.2, 0) is 15.0 Å². The molecule has 138 valence electrons. The van der Waals surface area contributed by atoms with Crippen LogP contribution in [0, 0.1) is 0 Å². The standard InChI is InChI=1S/C21H18ClNO4/c22-15-10-8-14(9-11-15)21(12-4-1-5-13-21)20(26)27-23-18(24)16-6-2-3-7-17(16)19(23)25/h2-3,6-11H,1,4-5,12-13H2. The summed E-state index contributed by atoms with van der Waals surface area (Å²) in [5, 5.41) is 1.18. The SMILES string of the molecule is O=C1c2ccccc2C(=O)N1OC(=O)C1(c2ccc(Cl)cc2)CCCCC1. The van der Waals surface area contributed by atoms with Crippen LogP contribution in [0.3, 0.4) is 0 Å². The number of hydrogen-bond donors (Lipinski definition) is 0. The van der Waals surface area contributed by atoms with Gasteiger partial charge in [0.15, 0.2) is 0 Å². The molecule has 0 spiro atoms. The predicted molar refractivity (Wildman–Crippen MR) is 99.2 cm³/mol. The molecule has 0 atom stereocenters. The van der Waals surface area contributed by atoms with Crippen LogP contribution in [0.1, 0.15) is 58.4 Å². The smallest absolute Gasteiger partial charge is 0.329 e. The van der Waals surface area contributed by atoms with Gasteiger partial charge in [-0.2, -0.15) is 0 Å². The Morgan fingerprint density at radius 2 is 1.44 bits per heavy atom. The van der Waals surface area contributed by atoms with Crippen molar-refractivity contribution >= 4 is 29.4 Å². The number of fused-ring (bicyclic) bond motifs is 1. The number of carbonyl (C=O) groups excluding carboxylic acids is 3. The lowest BCUT2D eigenvalue weighted by atomic mass is 9.69. The number of imide groups is 1. The molecule has 1 aliphatic heterocycles. The van der Waals surface area contributed by atoms with Crippen molar-refractivity contribution in [3.05, 3.63) is 70.2 Å². The summed E-state index contributed by atoms with van der Waals surface area (Å²) >= 11 is 5.99. The second-order valence-corrected chi connectivity index (χ2v) is 7.42. The number of rotatable bonds is 3. The number of amides is 2. The Morgan fingerprint density at radius 1 is 0.889 bits per heavy atom. The fraction of sp³-hybridized carbons (Fsp3) is 0.286. The third kappa shape index (κ3) is 2.92. The summed E-state index contributed by atoms with van der Waals surface area (Å²) in [6, 6.07) is 13.6. The normalized spacial score (nSPS) is 18.3. The molecule has 0 bridgehead atoms. The lowest BCUT2D eigenvalue weighted by molar-refractivity contribution is -0.177. The number of benzene rings is 2. The maximum absolute atomic E-state index is 13.2. The maximum Gasteiger partial charge on any atom is 0.343 e. The van der Waals surface area contributed by atoms with Crippen molar-refractivity contribution in [2.45, 2.75) is 37.5 Å². The molecule has 0 unspecified atom stereocenters. The molecule has 2 aliphatic rings. The Balaban J connectivity index is 1.65. The van der Waals surface area contributed by atoms with Crippen molar-refractivity contribution in [3.8, 4) is 0 Å². The minimum absolute atomic E-state index is 0.250.